The Bertz CT molecular complexity index is 740. The number of nitrogens with zero attached hydrogens (tertiary/aromatic N) is 3. The zero-order chi connectivity index (χ0) is 17.8. The Morgan fingerprint density at radius 2 is 1.96 bits per heavy atom. The first-order valence-electron chi connectivity index (χ1n) is 9.18. The lowest BCUT2D eigenvalue weighted by atomic mass is 9.75. The number of piperidine rings is 1. The Balaban J connectivity index is 1.45. The van der Waals surface area contributed by atoms with Gasteiger partial charge in [-0.2, -0.15) is 0 Å². The fourth-order valence-electron chi connectivity index (χ4n) is 4.06. The summed E-state index contributed by atoms with van der Waals surface area (Å²) in [5.41, 5.74) is 1.43. The minimum absolute atomic E-state index is 0.00575. The fraction of sp³-hybridized carbons (Fsp3) is 0.450. The molecule has 1 amide bonds. The number of hydrogen-bond acceptors (Lipinski definition) is 5. The minimum Gasteiger partial charge on any atom is -0.377 e. The van der Waals surface area contributed by atoms with Crippen LogP contribution in [0.15, 0.2) is 48.8 Å². The Morgan fingerprint density at radius 3 is 2.69 bits per heavy atom. The Labute approximate surface area is 153 Å². The van der Waals surface area contributed by atoms with E-state index in [9.17, 15) is 4.79 Å². The maximum atomic E-state index is 13.1. The minimum atomic E-state index is -0.470. The standard InChI is InChI=1S/C20H24N4O2/c25-19(23-13-16-5-1-3-9-21-16)20-8-12-26-18(20)7-11-24(15-20)14-17-6-2-4-10-22-17/h1-6,9-10,18H,7-8,11-15H2,(H,23,25)/t18-,20-/m1/s1. The highest BCUT2D eigenvalue weighted by atomic mass is 16.5. The molecule has 2 fully saturated rings. The quantitative estimate of drug-likeness (QED) is 0.888. The number of ether oxygens (including phenoxy) is 1. The average Bonchev–Trinajstić information content (AvgIpc) is 3.12. The lowest BCUT2D eigenvalue weighted by Crippen LogP contribution is -2.56. The van der Waals surface area contributed by atoms with Crippen LogP contribution in [0, 0.1) is 5.41 Å². The van der Waals surface area contributed by atoms with Gasteiger partial charge >= 0.3 is 0 Å². The van der Waals surface area contributed by atoms with Crippen molar-refractivity contribution in [1.82, 2.24) is 20.2 Å². The second kappa shape index (κ2) is 7.51. The average molecular weight is 352 g/mol. The number of hydrogen-bond donors (Lipinski definition) is 1. The highest BCUT2D eigenvalue weighted by Gasteiger charge is 2.53. The van der Waals surface area contributed by atoms with Gasteiger partial charge in [-0.1, -0.05) is 12.1 Å². The third kappa shape index (κ3) is 3.48. The van der Waals surface area contributed by atoms with Crippen LogP contribution in [-0.4, -0.2) is 46.6 Å². The molecule has 2 atom stereocenters. The van der Waals surface area contributed by atoms with Crippen LogP contribution in [-0.2, 0) is 22.6 Å². The van der Waals surface area contributed by atoms with Crippen molar-refractivity contribution in [1.29, 1.82) is 0 Å². The summed E-state index contributed by atoms with van der Waals surface area (Å²) in [5, 5.41) is 3.09. The summed E-state index contributed by atoms with van der Waals surface area (Å²) in [6, 6.07) is 11.7. The first-order valence-corrected chi connectivity index (χ1v) is 9.18. The molecule has 0 aliphatic carbocycles. The van der Waals surface area contributed by atoms with Gasteiger partial charge in [-0.25, -0.2) is 0 Å². The molecule has 2 saturated heterocycles. The number of likely N-dealkylation sites (tertiary alicyclic amines) is 1. The van der Waals surface area contributed by atoms with Gasteiger partial charge in [0.2, 0.25) is 5.91 Å². The number of carbonyl (C=O) groups is 1. The molecule has 136 valence electrons. The maximum Gasteiger partial charge on any atom is 0.230 e. The molecule has 0 spiro atoms. The predicted octanol–water partition coefficient (Wildman–Crippen LogP) is 1.77. The van der Waals surface area contributed by atoms with Crippen LogP contribution in [0.25, 0.3) is 0 Å². The highest BCUT2D eigenvalue weighted by molar-refractivity contribution is 5.84. The Hall–Kier alpha value is -2.31. The number of fused-ring (bicyclic) bond motifs is 1. The van der Waals surface area contributed by atoms with Crippen molar-refractivity contribution >= 4 is 5.91 Å². The van der Waals surface area contributed by atoms with Gasteiger partial charge in [0.25, 0.3) is 0 Å². The molecular formula is C20H24N4O2. The number of aromatic nitrogens is 2. The van der Waals surface area contributed by atoms with E-state index in [-0.39, 0.29) is 12.0 Å². The number of pyridine rings is 2. The van der Waals surface area contributed by atoms with Crippen LogP contribution >= 0.6 is 0 Å². The van der Waals surface area contributed by atoms with Gasteiger partial charge < -0.3 is 10.1 Å². The molecule has 2 aliphatic rings. The molecule has 0 bridgehead atoms. The van der Waals surface area contributed by atoms with Crippen LogP contribution in [0.3, 0.4) is 0 Å². The Morgan fingerprint density at radius 1 is 1.19 bits per heavy atom. The third-order valence-electron chi connectivity index (χ3n) is 5.42. The van der Waals surface area contributed by atoms with Crippen molar-refractivity contribution in [3.63, 3.8) is 0 Å². The predicted molar refractivity (Wildman–Crippen MR) is 97.0 cm³/mol. The molecule has 0 aromatic carbocycles. The second-order valence-electron chi connectivity index (χ2n) is 7.09. The van der Waals surface area contributed by atoms with Crippen molar-refractivity contribution in [2.45, 2.75) is 32.0 Å². The SMILES string of the molecule is O=C(NCc1ccccn1)[C@@]12CCO[C@@H]1CCN(Cc1ccccn1)C2. The van der Waals surface area contributed by atoms with Gasteiger partial charge in [0, 0.05) is 38.6 Å². The largest absolute Gasteiger partial charge is 0.377 e. The van der Waals surface area contributed by atoms with Gasteiger partial charge in [0.15, 0.2) is 0 Å². The van der Waals surface area contributed by atoms with Crippen molar-refractivity contribution in [3.05, 3.63) is 60.2 Å². The molecule has 6 nitrogen and oxygen atoms in total. The molecule has 2 aromatic rings. The molecule has 26 heavy (non-hydrogen) atoms. The number of nitrogens with one attached hydrogen (secondary N) is 1. The summed E-state index contributed by atoms with van der Waals surface area (Å²) in [6.45, 7) is 3.51. The molecule has 1 N–H and O–H groups in total. The van der Waals surface area contributed by atoms with E-state index in [0.29, 0.717) is 19.7 Å². The van der Waals surface area contributed by atoms with E-state index in [1.165, 1.54) is 0 Å². The van der Waals surface area contributed by atoms with E-state index in [0.717, 1.165) is 37.3 Å². The highest BCUT2D eigenvalue weighted by Crippen LogP contribution is 2.41. The van der Waals surface area contributed by atoms with Gasteiger partial charge in [-0.15, -0.1) is 0 Å². The van der Waals surface area contributed by atoms with Gasteiger partial charge in [-0.3, -0.25) is 19.7 Å². The van der Waals surface area contributed by atoms with E-state index in [2.05, 4.69) is 20.2 Å². The summed E-state index contributed by atoms with van der Waals surface area (Å²) in [4.78, 5) is 24.1. The zero-order valence-corrected chi connectivity index (χ0v) is 14.8. The fourth-order valence-corrected chi connectivity index (χ4v) is 4.06. The number of amides is 1. The zero-order valence-electron chi connectivity index (χ0n) is 14.8. The Kier molecular flexibility index (Phi) is 4.95. The summed E-state index contributed by atoms with van der Waals surface area (Å²) in [7, 11) is 0. The first kappa shape index (κ1) is 17.1. The number of carbonyl (C=O) groups excluding carboxylic acids is 1. The van der Waals surface area contributed by atoms with E-state index in [1.807, 2.05) is 42.6 Å². The van der Waals surface area contributed by atoms with Gasteiger partial charge in [0.1, 0.15) is 0 Å². The van der Waals surface area contributed by atoms with E-state index >= 15 is 0 Å². The summed E-state index contributed by atoms with van der Waals surface area (Å²) in [5.74, 6) is 0.0800. The third-order valence-corrected chi connectivity index (χ3v) is 5.42. The molecule has 0 unspecified atom stereocenters. The van der Waals surface area contributed by atoms with Crippen LogP contribution < -0.4 is 5.32 Å². The lowest BCUT2D eigenvalue weighted by molar-refractivity contribution is -0.139. The van der Waals surface area contributed by atoms with Crippen LogP contribution in [0.5, 0.6) is 0 Å². The maximum absolute atomic E-state index is 13.1. The van der Waals surface area contributed by atoms with E-state index in [4.69, 9.17) is 4.74 Å². The smallest absolute Gasteiger partial charge is 0.230 e. The van der Waals surface area contributed by atoms with Gasteiger partial charge in [-0.05, 0) is 37.1 Å². The summed E-state index contributed by atoms with van der Waals surface area (Å²) >= 11 is 0. The van der Waals surface area contributed by atoms with Crippen molar-refractivity contribution in [2.24, 2.45) is 5.41 Å². The molecule has 0 radical (unpaired) electrons. The number of rotatable bonds is 5. The molecule has 6 heteroatoms. The van der Waals surface area contributed by atoms with Crippen molar-refractivity contribution in [3.8, 4) is 0 Å². The monoisotopic (exact) mass is 352 g/mol. The van der Waals surface area contributed by atoms with Crippen molar-refractivity contribution in [2.75, 3.05) is 19.7 Å². The van der Waals surface area contributed by atoms with Crippen LogP contribution in [0.4, 0.5) is 0 Å². The molecule has 2 aliphatic heterocycles. The van der Waals surface area contributed by atoms with Crippen LogP contribution in [0.2, 0.25) is 0 Å². The molecular weight excluding hydrogens is 328 g/mol. The van der Waals surface area contributed by atoms with Crippen molar-refractivity contribution < 1.29 is 9.53 Å². The summed E-state index contributed by atoms with van der Waals surface area (Å²) < 4.78 is 5.91. The molecule has 0 saturated carbocycles. The molecule has 4 heterocycles. The van der Waals surface area contributed by atoms with E-state index in [1.54, 1.807) is 6.20 Å². The summed E-state index contributed by atoms with van der Waals surface area (Å²) in [6.07, 6.45) is 5.21. The lowest BCUT2D eigenvalue weighted by Gasteiger charge is -2.42. The van der Waals surface area contributed by atoms with Crippen LogP contribution in [0.1, 0.15) is 24.2 Å². The molecule has 2 aromatic heterocycles. The van der Waals surface area contributed by atoms with Gasteiger partial charge in [0.05, 0.1) is 29.5 Å². The topological polar surface area (TPSA) is 67.3 Å². The first-order chi connectivity index (χ1) is 12.8. The van der Waals surface area contributed by atoms with E-state index < -0.39 is 5.41 Å². The second-order valence-corrected chi connectivity index (χ2v) is 7.09. The molecule has 4 rings (SSSR count). The normalized spacial score (nSPS) is 25.6.